The number of nitrogens with two attached hydrogens (primary N) is 1. The number of benzene rings is 1. The summed E-state index contributed by atoms with van der Waals surface area (Å²) in [5.74, 6) is -0.0119. The van der Waals surface area contributed by atoms with Crippen molar-refractivity contribution in [3.63, 3.8) is 0 Å². The van der Waals surface area contributed by atoms with Crippen molar-refractivity contribution in [2.24, 2.45) is 5.73 Å². The van der Waals surface area contributed by atoms with Gasteiger partial charge in [0.25, 0.3) is 0 Å². The Morgan fingerprint density at radius 3 is 3.06 bits per heavy atom. The lowest BCUT2D eigenvalue weighted by Crippen LogP contribution is -2.40. The zero-order chi connectivity index (χ0) is 11.7. The number of aromatic hydroxyl groups is 1. The normalized spacial score (nSPS) is 20.4. The first-order valence-electron chi connectivity index (χ1n) is 5.45. The number of carbonyl (C=O) groups excluding carboxylic acids is 1. The summed E-state index contributed by atoms with van der Waals surface area (Å²) >= 11 is 0. The maximum Gasteiger partial charge on any atom is 0.234 e. The molecule has 0 saturated carbocycles. The van der Waals surface area contributed by atoms with Crippen molar-refractivity contribution in [2.75, 3.05) is 0 Å². The second-order valence-electron chi connectivity index (χ2n) is 4.23. The van der Waals surface area contributed by atoms with Crippen molar-refractivity contribution in [3.05, 3.63) is 29.3 Å². The maximum atomic E-state index is 11.0. The lowest BCUT2D eigenvalue weighted by Gasteiger charge is -2.17. The molecule has 2 atom stereocenters. The zero-order valence-electron chi connectivity index (χ0n) is 9.23. The lowest BCUT2D eigenvalue weighted by atomic mass is 10.1. The number of carbonyl (C=O) groups is 1. The number of amides is 1. The summed E-state index contributed by atoms with van der Waals surface area (Å²) in [4.78, 5) is 11.0. The Morgan fingerprint density at radius 1 is 1.62 bits per heavy atom. The molecule has 1 aliphatic rings. The molecule has 0 saturated heterocycles. The summed E-state index contributed by atoms with van der Waals surface area (Å²) in [6.45, 7) is 1.75. The second kappa shape index (κ2) is 4.14. The molecule has 1 aromatic rings. The molecule has 0 fully saturated rings. The summed E-state index contributed by atoms with van der Waals surface area (Å²) in [5.41, 5.74) is 7.27. The van der Waals surface area contributed by atoms with E-state index in [1.54, 1.807) is 13.0 Å². The quantitative estimate of drug-likeness (QED) is 0.706. The summed E-state index contributed by atoms with van der Waals surface area (Å²) in [6.07, 6.45) is 1.73. The van der Waals surface area contributed by atoms with Gasteiger partial charge in [-0.2, -0.15) is 0 Å². The van der Waals surface area contributed by atoms with E-state index in [-0.39, 0.29) is 18.0 Å². The van der Waals surface area contributed by atoms with Crippen molar-refractivity contribution >= 4 is 5.91 Å². The molecule has 0 aliphatic heterocycles. The highest BCUT2D eigenvalue weighted by atomic mass is 16.3. The minimum Gasteiger partial charge on any atom is -0.508 e. The first-order chi connectivity index (χ1) is 7.59. The van der Waals surface area contributed by atoms with Crippen molar-refractivity contribution in [1.82, 2.24) is 5.32 Å². The highest BCUT2D eigenvalue weighted by molar-refractivity contribution is 5.79. The molecule has 4 heteroatoms. The predicted octanol–water partition coefficient (Wildman–Crippen LogP) is 0.843. The summed E-state index contributed by atoms with van der Waals surface area (Å²) in [6, 6.07) is 5.26. The molecule has 0 heterocycles. The van der Waals surface area contributed by atoms with E-state index in [9.17, 15) is 9.90 Å². The molecule has 2 rings (SSSR count). The minimum atomic E-state index is -0.353. The van der Waals surface area contributed by atoms with Crippen molar-refractivity contribution in [2.45, 2.75) is 31.8 Å². The third-order valence-corrected chi connectivity index (χ3v) is 3.12. The van der Waals surface area contributed by atoms with Crippen LogP contribution in [0.4, 0.5) is 0 Å². The molecule has 16 heavy (non-hydrogen) atoms. The Kier molecular flexibility index (Phi) is 2.83. The monoisotopic (exact) mass is 220 g/mol. The van der Waals surface area contributed by atoms with Crippen LogP contribution in [0.25, 0.3) is 0 Å². The van der Waals surface area contributed by atoms with E-state index in [4.69, 9.17) is 5.73 Å². The SMILES string of the molecule is CC(NC1CCc2c(O)cccc21)C(N)=O. The highest BCUT2D eigenvalue weighted by Crippen LogP contribution is 2.36. The van der Waals surface area contributed by atoms with Crippen molar-refractivity contribution in [3.8, 4) is 5.75 Å². The smallest absolute Gasteiger partial charge is 0.234 e. The van der Waals surface area contributed by atoms with E-state index in [0.29, 0.717) is 5.75 Å². The number of nitrogens with one attached hydrogen (secondary N) is 1. The third-order valence-electron chi connectivity index (χ3n) is 3.12. The predicted molar refractivity (Wildman–Crippen MR) is 61.0 cm³/mol. The highest BCUT2D eigenvalue weighted by Gasteiger charge is 2.26. The molecule has 1 aromatic carbocycles. The topological polar surface area (TPSA) is 75.3 Å². The molecule has 0 aromatic heterocycles. The number of primary amides is 1. The number of hydrogen-bond donors (Lipinski definition) is 3. The van der Waals surface area contributed by atoms with Gasteiger partial charge in [0.05, 0.1) is 6.04 Å². The van der Waals surface area contributed by atoms with Gasteiger partial charge in [0.15, 0.2) is 0 Å². The third kappa shape index (κ3) is 1.88. The lowest BCUT2D eigenvalue weighted by molar-refractivity contribution is -0.119. The largest absolute Gasteiger partial charge is 0.508 e. The summed E-state index contributed by atoms with van der Waals surface area (Å²) < 4.78 is 0. The molecule has 1 amide bonds. The number of hydrogen-bond acceptors (Lipinski definition) is 3. The van der Waals surface area contributed by atoms with Gasteiger partial charge in [-0.15, -0.1) is 0 Å². The van der Waals surface area contributed by atoms with Crippen LogP contribution in [0, 0.1) is 0 Å². The van der Waals surface area contributed by atoms with Crippen LogP contribution in [0.1, 0.15) is 30.5 Å². The average molecular weight is 220 g/mol. The van der Waals surface area contributed by atoms with Crippen LogP contribution < -0.4 is 11.1 Å². The van der Waals surface area contributed by atoms with Crippen LogP contribution in [0.3, 0.4) is 0 Å². The summed E-state index contributed by atoms with van der Waals surface area (Å²) in [5, 5.41) is 12.8. The van der Waals surface area contributed by atoms with Gasteiger partial charge in [0.1, 0.15) is 5.75 Å². The minimum absolute atomic E-state index is 0.115. The number of rotatable bonds is 3. The van der Waals surface area contributed by atoms with Crippen LogP contribution in [-0.2, 0) is 11.2 Å². The van der Waals surface area contributed by atoms with Gasteiger partial charge in [0.2, 0.25) is 5.91 Å². The van der Waals surface area contributed by atoms with Gasteiger partial charge in [-0.05, 0) is 37.0 Å². The van der Waals surface area contributed by atoms with Crippen LogP contribution >= 0.6 is 0 Å². The van der Waals surface area contributed by atoms with E-state index >= 15 is 0 Å². The Bertz CT molecular complexity index is 417. The fourth-order valence-electron chi connectivity index (χ4n) is 2.19. The van der Waals surface area contributed by atoms with Gasteiger partial charge in [-0.25, -0.2) is 0 Å². The molecule has 0 spiro atoms. The molecule has 0 bridgehead atoms. The van der Waals surface area contributed by atoms with Gasteiger partial charge in [-0.3, -0.25) is 10.1 Å². The van der Waals surface area contributed by atoms with Crippen LogP contribution in [0.2, 0.25) is 0 Å². The Morgan fingerprint density at radius 2 is 2.38 bits per heavy atom. The molecule has 4 nitrogen and oxygen atoms in total. The number of fused-ring (bicyclic) bond motifs is 1. The van der Waals surface area contributed by atoms with Gasteiger partial charge in [0, 0.05) is 6.04 Å². The molecule has 86 valence electrons. The standard InChI is InChI=1S/C12H16N2O2/c1-7(12(13)16)14-10-6-5-9-8(10)3-2-4-11(9)15/h2-4,7,10,14-15H,5-6H2,1H3,(H2,13,16). The van der Waals surface area contributed by atoms with E-state index in [1.165, 1.54) is 0 Å². The van der Waals surface area contributed by atoms with Gasteiger partial charge < -0.3 is 10.8 Å². The number of phenolic OH excluding ortho intramolecular Hbond substituents is 1. The fraction of sp³-hybridized carbons (Fsp3) is 0.417. The average Bonchev–Trinajstić information content (AvgIpc) is 2.63. The molecule has 2 unspecified atom stereocenters. The molecule has 1 aliphatic carbocycles. The molecular weight excluding hydrogens is 204 g/mol. The number of phenols is 1. The Balaban J connectivity index is 2.18. The fourth-order valence-corrected chi connectivity index (χ4v) is 2.19. The van der Waals surface area contributed by atoms with E-state index < -0.39 is 0 Å². The van der Waals surface area contributed by atoms with Crippen molar-refractivity contribution in [1.29, 1.82) is 0 Å². The molecular formula is C12H16N2O2. The first kappa shape index (κ1) is 11.0. The van der Waals surface area contributed by atoms with E-state index in [0.717, 1.165) is 24.0 Å². The Hall–Kier alpha value is -1.55. The molecule has 4 N–H and O–H groups in total. The van der Waals surface area contributed by atoms with Crippen molar-refractivity contribution < 1.29 is 9.90 Å². The van der Waals surface area contributed by atoms with E-state index in [2.05, 4.69) is 5.32 Å². The van der Waals surface area contributed by atoms with Gasteiger partial charge in [-0.1, -0.05) is 12.1 Å². The van der Waals surface area contributed by atoms with Gasteiger partial charge >= 0.3 is 0 Å². The Labute approximate surface area is 94.5 Å². The summed E-state index contributed by atoms with van der Waals surface area (Å²) in [7, 11) is 0. The van der Waals surface area contributed by atoms with Crippen LogP contribution in [0.5, 0.6) is 5.75 Å². The first-order valence-corrected chi connectivity index (χ1v) is 5.45. The second-order valence-corrected chi connectivity index (χ2v) is 4.23. The van der Waals surface area contributed by atoms with Crippen LogP contribution in [0.15, 0.2) is 18.2 Å². The molecule has 0 radical (unpaired) electrons. The zero-order valence-corrected chi connectivity index (χ0v) is 9.23. The van der Waals surface area contributed by atoms with E-state index in [1.807, 2.05) is 12.1 Å². The van der Waals surface area contributed by atoms with Crippen LogP contribution in [-0.4, -0.2) is 17.1 Å². The maximum absolute atomic E-state index is 11.0.